The Balaban J connectivity index is 1.56. The minimum absolute atomic E-state index is 0.277. The fraction of sp³-hybridized carbons (Fsp3) is 0.0476. The Morgan fingerprint density at radius 2 is 1.67 bits per heavy atom. The molecule has 3 aromatic rings. The summed E-state index contributed by atoms with van der Waals surface area (Å²) in [4.78, 5) is 17.0. The van der Waals surface area contributed by atoms with Crippen LogP contribution in [0.5, 0.6) is 11.5 Å². The molecule has 1 N–H and O–H groups in total. The summed E-state index contributed by atoms with van der Waals surface area (Å²) in [5.74, 6) is 0.336. The van der Waals surface area contributed by atoms with E-state index in [0.717, 1.165) is 0 Å². The monoisotopic (exact) mass is 364 g/mol. The van der Waals surface area contributed by atoms with E-state index in [0.29, 0.717) is 17.2 Å². The zero-order chi connectivity index (χ0) is 18.9. The average Bonchev–Trinajstić information content (AvgIpc) is 2.69. The van der Waals surface area contributed by atoms with Crippen molar-refractivity contribution in [1.29, 1.82) is 0 Å². The molecule has 0 aliphatic carbocycles. The molecule has 27 heavy (non-hydrogen) atoms. The molecule has 0 atom stereocenters. The molecule has 0 aliphatic heterocycles. The van der Waals surface area contributed by atoms with Gasteiger partial charge in [0.2, 0.25) is 0 Å². The number of amides is 1. The van der Waals surface area contributed by atoms with Gasteiger partial charge in [0.05, 0.1) is 11.9 Å². The van der Waals surface area contributed by atoms with E-state index in [1.165, 1.54) is 12.3 Å². The summed E-state index contributed by atoms with van der Waals surface area (Å²) in [6.07, 6.45) is 1.22. The molecule has 0 unspecified atom stereocenters. The highest BCUT2D eigenvalue weighted by Gasteiger charge is 2.09. The molecule has 5 nitrogen and oxygen atoms in total. The quantitative estimate of drug-likeness (QED) is 0.492. The van der Waals surface area contributed by atoms with Crippen molar-refractivity contribution < 1.29 is 18.8 Å². The Bertz CT molecular complexity index is 929. The second kappa shape index (κ2) is 9.15. The zero-order valence-corrected chi connectivity index (χ0v) is 14.3. The lowest BCUT2D eigenvalue weighted by Gasteiger charge is -2.11. The average molecular weight is 364 g/mol. The number of ether oxygens (including phenoxy) is 1. The molecule has 0 heterocycles. The van der Waals surface area contributed by atoms with Gasteiger partial charge in [-0.1, -0.05) is 53.7 Å². The summed E-state index contributed by atoms with van der Waals surface area (Å²) in [5.41, 5.74) is 0.785. The molecular formula is C21H17FN2O3. The van der Waals surface area contributed by atoms with Crippen molar-refractivity contribution in [2.75, 3.05) is 11.9 Å². The minimum atomic E-state index is -0.415. The van der Waals surface area contributed by atoms with E-state index in [4.69, 9.17) is 9.57 Å². The van der Waals surface area contributed by atoms with E-state index in [2.05, 4.69) is 10.5 Å². The van der Waals surface area contributed by atoms with Crippen LogP contribution in [0.25, 0.3) is 0 Å². The smallest absolute Gasteiger partial charge is 0.265 e. The number of hydrogen-bond donors (Lipinski definition) is 1. The second-order valence-corrected chi connectivity index (χ2v) is 5.49. The third kappa shape index (κ3) is 5.40. The van der Waals surface area contributed by atoms with Gasteiger partial charge < -0.3 is 14.9 Å². The molecule has 1 amide bonds. The van der Waals surface area contributed by atoms with Crippen LogP contribution >= 0.6 is 0 Å². The van der Waals surface area contributed by atoms with Gasteiger partial charge in [0, 0.05) is 5.56 Å². The van der Waals surface area contributed by atoms with Crippen molar-refractivity contribution >= 4 is 17.8 Å². The number of hydrogen-bond acceptors (Lipinski definition) is 4. The first-order chi connectivity index (χ1) is 13.2. The highest BCUT2D eigenvalue weighted by atomic mass is 19.1. The van der Waals surface area contributed by atoms with Crippen LogP contribution in [0.4, 0.5) is 10.1 Å². The van der Waals surface area contributed by atoms with E-state index in [9.17, 15) is 9.18 Å². The van der Waals surface area contributed by atoms with E-state index in [1.54, 1.807) is 36.4 Å². The molecule has 0 saturated heterocycles. The number of rotatable bonds is 7. The Labute approximate surface area is 156 Å². The van der Waals surface area contributed by atoms with Crippen LogP contribution in [-0.2, 0) is 9.63 Å². The maximum atomic E-state index is 13.4. The molecule has 0 bridgehead atoms. The van der Waals surface area contributed by atoms with Gasteiger partial charge in [-0.05, 0) is 30.3 Å². The lowest BCUT2D eigenvalue weighted by molar-refractivity contribution is -0.120. The summed E-state index contributed by atoms with van der Waals surface area (Å²) >= 11 is 0. The summed E-state index contributed by atoms with van der Waals surface area (Å²) in [6, 6.07) is 22.4. The summed E-state index contributed by atoms with van der Waals surface area (Å²) in [5, 5.41) is 6.32. The molecule has 6 heteroatoms. The van der Waals surface area contributed by atoms with Crippen molar-refractivity contribution in [1.82, 2.24) is 0 Å². The van der Waals surface area contributed by atoms with Crippen molar-refractivity contribution in [2.24, 2.45) is 5.16 Å². The predicted molar refractivity (Wildman–Crippen MR) is 102 cm³/mol. The minimum Gasteiger partial charge on any atom is -0.455 e. The number of nitrogens with zero attached hydrogens (tertiary/aromatic N) is 1. The maximum Gasteiger partial charge on any atom is 0.265 e. The van der Waals surface area contributed by atoms with Gasteiger partial charge in [0.25, 0.3) is 5.91 Å². The highest BCUT2D eigenvalue weighted by Crippen LogP contribution is 2.28. The Hall–Kier alpha value is -3.67. The second-order valence-electron chi connectivity index (χ2n) is 5.49. The van der Waals surface area contributed by atoms with Crippen LogP contribution in [0.2, 0.25) is 0 Å². The number of carbonyl (C=O) groups excluding carboxylic acids is 1. The molecule has 0 aliphatic rings. The standard InChI is InChI=1S/C21H17FN2O3/c22-18-11-5-4-8-16(18)14-23-26-15-21(25)24-19-12-6-7-13-20(19)27-17-9-2-1-3-10-17/h1-14H,15H2,(H,24,25)/b23-14-. The fourth-order valence-electron chi connectivity index (χ4n) is 2.23. The van der Waals surface area contributed by atoms with Gasteiger partial charge in [-0.3, -0.25) is 4.79 Å². The normalized spacial score (nSPS) is 10.6. The van der Waals surface area contributed by atoms with Crippen molar-refractivity contribution in [3.63, 3.8) is 0 Å². The number of anilines is 1. The number of nitrogens with one attached hydrogen (secondary N) is 1. The van der Waals surface area contributed by atoms with Crippen molar-refractivity contribution in [3.05, 3.63) is 90.2 Å². The van der Waals surface area contributed by atoms with Gasteiger partial charge >= 0.3 is 0 Å². The molecule has 136 valence electrons. The van der Waals surface area contributed by atoms with E-state index < -0.39 is 11.7 Å². The van der Waals surface area contributed by atoms with Crippen molar-refractivity contribution in [3.8, 4) is 11.5 Å². The van der Waals surface area contributed by atoms with Crippen LogP contribution in [0, 0.1) is 5.82 Å². The lowest BCUT2D eigenvalue weighted by Crippen LogP contribution is -2.17. The van der Waals surface area contributed by atoms with Crippen molar-refractivity contribution in [2.45, 2.75) is 0 Å². The van der Waals surface area contributed by atoms with Crippen LogP contribution in [0.3, 0.4) is 0 Å². The predicted octanol–water partition coefficient (Wildman–Crippen LogP) is 4.61. The number of halogens is 1. The van der Waals surface area contributed by atoms with Crippen LogP contribution in [0.1, 0.15) is 5.56 Å². The topological polar surface area (TPSA) is 59.9 Å². The van der Waals surface area contributed by atoms with E-state index in [-0.39, 0.29) is 12.2 Å². The zero-order valence-electron chi connectivity index (χ0n) is 14.3. The first-order valence-electron chi connectivity index (χ1n) is 8.24. The van der Waals surface area contributed by atoms with E-state index in [1.807, 2.05) is 36.4 Å². The number of para-hydroxylation sites is 3. The van der Waals surface area contributed by atoms with E-state index >= 15 is 0 Å². The van der Waals surface area contributed by atoms with Gasteiger partial charge in [-0.2, -0.15) is 0 Å². The van der Waals surface area contributed by atoms with Crippen LogP contribution in [0.15, 0.2) is 84.0 Å². The molecule has 3 rings (SSSR count). The Morgan fingerprint density at radius 1 is 0.963 bits per heavy atom. The highest BCUT2D eigenvalue weighted by molar-refractivity contribution is 5.93. The van der Waals surface area contributed by atoms with Gasteiger partial charge in [0.15, 0.2) is 12.4 Å². The molecule has 3 aromatic carbocycles. The van der Waals surface area contributed by atoms with Crippen LogP contribution in [-0.4, -0.2) is 18.7 Å². The van der Waals surface area contributed by atoms with Crippen LogP contribution < -0.4 is 10.1 Å². The summed E-state index contributed by atoms with van der Waals surface area (Å²) in [7, 11) is 0. The number of oxime groups is 1. The molecule has 0 fully saturated rings. The number of benzene rings is 3. The first kappa shape index (κ1) is 18.1. The Kier molecular flexibility index (Phi) is 6.14. The number of carbonyl (C=O) groups is 1. The summed E-state index contributed by atoms with van der Waals surface area (Å²) < 4.78 is 19.2. The molecule has 0 saturated carbocycles. The van der Waals surface area contributed by atoms with Gasteiger partial charge in [-0.15, -0.1) is 0 Å². The Morgan fingerprint density at radius 3 is 2.48 bits per heavy atom. The molecule has 0 spiro atoms. The third-order valence-electron chi connectivity index (χ3n) is 3.50. The molecular weight excluding hydrogens is 347 g/mol. The first-order valence-corrected chi connectivity index (χ1v) is 8.24. The lowest BCUT2D eigenvalue weighted by atomic mass is 10.2. The maximum absolute atomic E-state index is 13.4. The fourth-order valence-corrected chi connectivity index (χ4v) is 2.23. The molecule has 0 aromatic heterocycles. The van der Waals surface area contributed by atoms with Gasteiger partial charge in [-0.25, -0.2) is 4.39 Å². The third-order valence-corrected chi connectivity index (χ3v) is 3.50. The molecule has 0 radical (unpaired) electrons. The SMILES string of the molecule is O=C(CO/N=C\c1ccccc1F)Nc1ccccc1Oc1ccccc1. The summed E-state index contributed by atoms with van der Waals surface area (Å²) in [6.45, 7) is -0.315. The largest absolute Gasteiger partial charge is 0.455 e. The van der Waals surface area contributed by atoms with Gasteiger partial charge in [0.1, 0.15) is 11.6 Å².